The fraction of sp³-hybridized carbons (Fsp3) is 0.125. The predicted octanol–water partition coefficient (Wildman–Crippen LogP) is 3.54. The lowest BCUT2D eigenvalue weighted by Crippen LogP contribution is -1.93. The molecule has 0 aromatic heterocycles. The first-order valence-electron chi connectivity index (χ1n) is 5.87. The maximum atomic E-state index is 9.11. The molecule has 5 heteroatoms. The molecule has 0 aliphatic heterocycles. The van der Waals surface area contributed by atoms with Crippen molar-refractivity contribution in [3.63, 3.8) is 0 Å². The topological polar surface area (TPSA) is 95.2 Å². The molecule has 21 heavy (non-hydrogen) atoms. The molecular formula is C16H10N4S. The molecule has 0 radical (unpaired) electrons. The number of hydrogen-bond donors (Lipinski definition) is 0. The third-order valence-electron chi connectivity index (χ3n) is 2.73. The van der Waals surface area contributed by atoms with E-state index in [1.807, 2.05) is 30.3 Å². The van der Waals surface area contributed by atoms with Crippen molar-refractivity contribution in [2.24, 2.45) is 0 Å². The van der Waals surface area contributed by atoms with E-state index in [0.29, 0.717) is 10.5 Å². The SMILES string of the molecule is CSC(CC(=C(C#N)C#N)c1ccccc1)=C(C#N)C#N. The maximum absolute atomic E-state index is 9.11. The lowest BCUT2D eigenvalue weighted by molar-refractivity contribution is 1.31. The minimum atomic E-state index is -0.0111. The van der Waals surface area contributed by atoms with Gasteiger partial charge in [-0.25, -0.2) is 0 Å². The van der Waals surface area contributed by atoms with Gasteiger partial charge >= 0.3 is 0 Å². The van der Waals surface area contributed by atoms with Crippen LogP contribution < -0.4 is 0 Å². The molecule has 1 aromatic carbocycles. The van der Waals surface area contributed by atoms with Crippen LogP contribution in [0.3, 0.4) is 0 Å². The molecule has 0 aliphatic rings. The summed E-state index contributed by atoms with van der Waals surface area (Å²) in [5.41, 5.74) is 1.25. The summed E-state index contributed by atoms with van der Waals surface area (Å²) in [7, 11) is 0. The summed E-state index contributed by atoms with van der Waals surface area (Å²) in [6, 6.07) is 16.5. The Bertz CT molecular complexity index is 715. The quantitative estimate of drug-likeness (QED) is 0.790. The van der Waals surface area contributed by atoms with Crippen LogP contribution in [0, 0.1) is 45.3 Å². The molecule has 1 aromatic rings. The highest BCUT2D eigenvalue weighted by atomic mass is 32.2. The molecular weight excluding hydrogens is 280 g/mol. The van der Waals surface area contributed by atoms with Crippen LogP contribution in [0.1, 0.15) is 12.0 Å². The Kier molecular flexibility index (Phi) is 6.30. The molecule has 0 aliphatic carbocycles. The molecule has 0 spiro atoms. The van der Waals surface area contributed by atoms with Gasteiger partial charge < -0.3 is 0 Å². The van der Waals surface area contributed by atoms with Crippen molar-refractivity contribution in [2.75, 3.05) is 6.26 Å². The Morgan fingerprint density at radius 1 is 0.905 bits per heavy atom. The Balaban J connectivity index is 3.45. The Hall–Kier alpha value is -2.99. The number of nitrogens with zero attached hydrogens (tertiary/aromatic N) is 4. The minimum absolute atomic E-state index is 0.00570. The zero-order chi connectivity index (χ0) is 15.7. The van der Waals surface area contributed by atoms with Gasteiger partial charge in [-0.05, 0) is 17.4 Å². The van der Waals surface area contributed by atoms with Crippen LogP contribution in [0.25, 0.3) is 5.57 Å². The second-order valence-electron chi connectivity index (χ2n) is 3.85. The van der Waals surface area contributed by atoms with E-state index in [1.165, 1.54) is 11.8 Å². The van der Waals surface area contributed by atoms with E-state index < -0.39 is 0 Å². The van der Waals surface area contributed by atoms with E-state index in [2.05, 4.69) is 0 Å². The molecule has 0 saturated heterocycles. The summed E-state index contributed by atoms with van der Waals surface area (Å²) in [6.07, 6.45) is 1.96. The third kappa shape index (κ3) is 3.99. The number of thioether (sulfide) groups is 1. The summed E-state index contributed by atoms with van der Waals surface area (Å²) in [4.78, 5) is 0.543. The minimum Gasteiger partial charge on any atom is -0.192 e. The van der Waals surface area contributed by atoms with Crippen LogP contribution in [0.4, 0.5) is 0 Å². The first kappa shape index (κ1) is 16.1. The van der Waals surface area contributed by atoms with Gasteiger partial charge in [0.05, 0.1) is 0 Å². The predicted molar refractivity (Wildman–Crippen MR) is 81.0 cm³/mol. The highest BCUT2D eigenvalue weighted by Gasteiger charge is 2.14. The van der Waals surface area contributed by atoms with Gasteiger partial charge in [0.15, 0.2) is 0 Å². The maximum Gasteiger partial charge on any atom is 0.139 e. The third-order valence-corrected chi connectivity index (χ3v) is 3.58. The number of allylic oxidation sites excluding steroid dienone is 4. The van der Waals surface area contributed by atoms with Crippen LogP contribution in [0.15, 0.2) is 46.4 Å². The first-order chi connectivity index (χ1) is 10.2. The van der Waals surface area contributed by atoms with E-state index in [4.69, 9.17) is 21.0 Å². The van der Waals surface area contributed by atoms with Gasteiger partial charge in [0.25, 0.3) is 0 Å². The van der Waals surface area contributed by atoms with Gasteiger partial charge in [-0.2, -0.15) is 21.0 Å². The molecule has 0 unspecified atom stereocenters. The average Bonchev–Trinajstić information content (AvgIpc) is 2.55. The summed E-state index contributed by atoms with van der Waals surface area (Å²) in [5, 5.41) is 36.2. The van der Waals surface area contributed by atoms with Crippen LogP contribution in [-0.2, 0) is 0 Å². The van der Waals surface area contributed by atoms with Gasteiger partial charge in [0, 0.05) is 11.3 Å². The number of benzene rings is 1. The number of hydrogen-bond acceptors (Lipinski definition) is 5. The zero-order valence-corrected chi connectivity index (χ0v) is 12.1. The lowest BCUT2D eigenvalue weighted by atomic mass is 9.97. The molecule has 100 valence electrons. The van der Waals surface area contributed by atoms with E-state index in [9.17, 15) is 0 Å². The van der Waals surface area contributed by atoms with Crippen molar-refractivity contribution in [3.8, 4) is 24.3 Å². The van der Waals surface area contributed by atoms with Crippen molar-refractivity contribution >= 4 is 17.3 Å². The van der Waals surface area contributed by atoms with Crippen molar-refractivity contribution in [3.05, 3.63) is 51.9 Å². The summed E-state index contributed by atoms with van der Waals surface area (Å²) in [6.45, 7) is 0. The molecule has 0 atom stereocenters. The fourth-order valence-corrected chi connectivity index (χ4v) is 2.29. The second kappa shape index (κ2) is 8.23. The first-order valence-corrected chi connectivity index (χ1v) is 7.10. The van der Waals surface area contributed by atoms with Gasteiger partial charge in [-0.15, -0.1) is 11.8 Å². The van der Waals surface area contributed by atoms with Crippen molar-refractivity contribution < 1.29 is 0 Å². The lowest BCUT2D eigenvalue weighted by Gasteiger charge is -2.10. The molecule has 4 nitrogen and oxygen atoms in total. The van der Waals surface area contributed by atoms with Crippen LogP contribution >= 0.6 is 11.8 Å². The van der Waals surface area contributed by atoms with Crippen LogP contribution in [-0.4, -0.2) is 6.26 Å². The van der Waals surface area contributed by atoms with Crippen LogP contribution in [0.5, 0.6) is 0 Å². The van der Waals surface area contributed by atoms with Gasteiger partial charge in [-0.3, -0.25) is 0 Å². The molecule has 0 amide bonds. The van der Waals surface area contributed by atoms with Gasteiger partial charge in [0.2, 0.25) is 0 Å². The zero-order valence-electron chi connectivity index (χ0n) is 11.3. The van der Waals surface area contributed by atoms with Crippen LogP contribution in [0.2, 0.25) is 0 Å². The summed E-state index contributed by atoms with van der Waals surface area (Å²) < 4.78 is 0. The monoisotopic (exact) mass is 290 g/mol. The molecule has 0 heterocycles. The Morgan fingerprint density at radius 3 is 1.86 bits per heavy atom. The smallest absolute Gasteiger partial charge is 0.139 e. The average molecular weight is 290 g/mol. The summed E-state index contributed by atoms with van der Waals surface area (Å²) >= 11 is 1.27. The largest absolute Gasteiger partial charge is 0.192 e. The molecule has 0 fully saturated rings. The number of nitriles is 4. The molecule has 0 saturated carbocycles. The highest BCUT2D eigenvalue weighted by Crippen LogP contribution is 2.31. The number of rotatable bonds is 4. The van der Waals surface area contributed by atoms with Gasteiger partial charge in [-0.1, -0.05) is 30.3 Å². The van der Waals surface area contributed by atoms with Gasteiger partial charge in [0.1, 0.15) is 35.4 Å². The van der Waals surface area contributed by atoms with Crippen molar-refractivity contribution in [2.45, 2.75) is 6.42 Å². The Labute approximate surface area is 127 Å². The standard InChI is InChI=1S/C16H10N4S/c1-21-16(14(10-19)11-20)7-15(13(8-17)9-18)12-5-3-2-4-6-12/h2-6H,7H2,1H3. The summed E-state index contributed by atoms with van der Waals surface area (Å²) in [5.74, 6) is 0. The van der Waals surface area contributed by atoms with E-state index in [0.717, 1.165) is 5.56 Å². The molecule has 1 rings (SSSR count). The normalized spacial score (nSPS) is 8.43. The fourth-order valence-electron chi connectivity index (χ4n) is 1.71. The van der Waals surface area contributed by atoms with E-state index in [1.54, 1.807) is 30.5 Å². The Morgan fingerprint density at radius 2 is 1.43 bits per heavy atom. The highest BCUT2D eigenvalue weighted by molar-refractivity contribution is 8.02. The molecule has 0 bridgehead atoms. The van der Waals surface area contributed by atoms with Crippen molar-refractivity contribution in [1.29, 1.82) is 21.0 Å². The second-order valence-corrected chi connectivity index (χ2v) is 4.75. The molecule has 0 N–H and O–H groups in total. The van der Waals surface area contributed by atoms with E-state index >= 15 is 0 Å². The van der Waals surface area contributed by atoms with E-state index in [-0.39, 0.29) is 17.6 Å². The van der Waals surface area contributed by atoms with Crippen molar-refractivity contribution in [1.82, 2.24) is 0 Å².